The summed E-state index contributed by atoms with van der Waals surface area (Å²) in [6.45, 7) is -0.305. The molecule has 2 aromatic heterocycles. The smallest absolute Gasteiger partial charge is 0.281 e. The van der Waals surface area contributed by atoms with Gasteiger partial charge >= 0.3 is 0 Å². The predicted molar refractivity (Wildman–Crippen MR) is 109 cm³/mol. The predicted octanol–water partition coefficient (Wildman–Crippen LogP) is 3.39. The molecule has 2 amide bonds. The lowest BCUT2D eigenvalue weighted by atomic mass is 10.1. The molecular weight excluding hydrogens is 386 g/mol. The van der Waals surface area contributed by atoms with E-state index in [0.717, 1.165) is 0 Å². The van der Waals surface area contributed by atoms with E-state index in [0.29, 0.717) is 23.7 Å². The molecule has 0 saturated carbocycles. The first kappa shape index (κ1) is 19.3. The number of amides is 2. The summed E-state index contributed by atoms with van der Waals surface area (Å²) in [6.07, 6.45) is 7.19. The Labute approximate surface area is 172 Å². The van der Waals surface area contributed by atoms with Crippen molar-refractivity contribution in [2.24, 2.45) is 10.8 Å². The fraction of sp³-hybridized carbons (Fsp3) is 0.136. The quantitative estimate of drug-likeness (QED) is 0.648. The first-order chi connectivity index (χ1) is 14.6. The first-order valence-corrected chi connectivity index (χ1v) is 9.28. The number of hydrogen-bond donors (Lipinski definition) is 1. The van der Waals surface area contributed by atoms with Gasteiger partial charge in [-0.3, -0.25) is 9.59 Å². The molecule has 1 atom stereocenters. The van der Waals surface area contributed by atoms with E-state index in [-0.39, 0.29) is 23.8 Å². The van der Waals surface area contributed by atoms with Crippen LogP contribution in [0.15, 0.2) is 81.1 Å². The topological polar surface area (TPSA) is 111 Å². The zero-order valence-electron chi connectivity index (χ0n) is 15.9. The van der Waals surface area contributed by atoms with E-state index < -0.39 is 11.9 Å². The number of allylic oxidation sites excluding steroid dienone is 1. The summed E-state index contributed by atoms with van der Waals surface area (Å²) in [4.78, 5) is 24.4. The molecule has 0 bridgehead atoms. The summed E-state index contributed by atoms with van der Waals surface area (Å²) in [5, 5.41) is 5.78. The molecule has 0 radical (unpaired) electrons. The molecule has 8 nitrogen and oxygen atoms in total. The summed E-state index contributed by atoms with van der Waals surface area (Å²) < 4.78 is 16.4. The van der Waals surface area contributed by atoms with Crippen molar-refractivity contribution < 1.29 is 23.2 Å². The highest BCUT2D eigenvalue weighted by Gasteiger charge is 2.33. The van der Waals surface area contributed by atoms with Gasteiger partial charge in [0.1, 0.15) is 23.3 Å². The third-order valence-corrected chi connectivity index (χ3v) is 4.55. The number of nitrogens with two attached hydrogens (primary N) is 1. The van der Waals surface area contributed by atoms with Crippen molar-refractivity contribution in [3.05, 3.63) is 84.2 Å². The number of rotatable bonds is 7. The lowest BCUT2D eigenvalue weighted by Gasteiger charge is -2.20. The minimum absolute atomic E-state index is 0.208. The van der Waals surface area contributed by atoms with Gasteiger partial charge in [-0.1, -0.05) is 12.1 Å². The molecule has 0 fully saturated rings. The van der Waals surface area contributed by atoms with Crippen molar-refractivity contribution in [1.82, 2.24) is 5.01 Å². The van der Waals surface area contributed by atoms with Gasteiger partial charge in [0.15, 0.2) is 6.61 Å². The highest BCUT2D eigenvalue weighted by atomic mass is 16.5. The van der Waals surface area contributed by atoms with Crippen LogP contribution in [0.2, 0.25) is 0 Å². The molecular formula is C22H19N3O5. The Bertz CT molecular complexity index is 1080. The largest absolute Gasteiger partial charge is 0.483 e. The Morgan fingerprint density at radius 2 is 1.90 bits per heavy atom. The van der Waals surface area contributed by atoms with Gasteiger partial charge in [0.25, 0.3) is 11.8 Å². The third-order valence-electron chi connectivity index (χ3n) is 4.55. The van der Waals surface area contributed by atoms with E-state index in [1.54, 1.807) is 67.1 Å². The molecule has 1 aliphatic rings. The maximum atomic E-state index is 12.9. The monoisotopic (exact) mass is 405 g/mol. The number of nitrogens with zero attached hydrogens (tertiary/aromatic N) is 2. The molecule has 1 aromatic carbocycles. The zero-order valence-corrected chi connectivity index (χ0v) is 15.9. The molecule has 3 aromatic rings. The number of furan rings is 2. The van der Waals surface area contributed by atoms with Gasteiger partial charge in [0.05, 0.1) is 23.8 Å². The maximum Gasteiger partial charge on any atom is 0.281 e. The maximum absolute atomic E-state index is 12.9. The molecule has 0 saturated heterocycles. The number of primary amides is 1. The lowest BCUT2D eigenvalue weighted by Crippen LogP contribution is -2.31. The van der Waals surface area contributed by atoms with Gasteiger partial charge in [-0.05, 0) is 48.6 Å². The Kier molecular flexibility index (Phi) is 5.47. The highest BCUT2D eigenvalue weighted by molar-refractivity contribution is 6.01. The number of para-hydroxylation sites is 1. The normalized spacial score (nSPS) is 16.1. The van der Waals surface area contributed by atoms with Crippen LogP contribution < -0.4 is 10.5 Å². The molecule has 1 unspecified atom stereocenters. The SMILES string of the molecule is NC(=O)c1ccccc1OCC(=O)N1N=C(C=Cc2ccco2)CC1c1ccco1. The van der Waals surface area contributed by atoms with Crippen molar-refractivity contribution in [2.45, 2.75) is 12.5 Å². The van der Waals surface area contributed by atoms with E-state index in [1.807, 2.05) is 6.07 Å². The fourth-order valence-electron chi connectivity index (χ4n) is 3.13. The molecule has 152 valence electrons. The van der Waals surface area contributed by atoms with Crippen LogP contribution in [0.5, 0.6) is 5.75 Å². The number of carbonyl (C=O) groups excluding carboxylic acids is 2. The zero-order chi connectivity index (χ0) is 20.9. The molecule has 4 rings (SSSR count). The summed E-state index contributed by atoms with van der Waals surface area (Å²) in [5.74, 6) is 0.539. The van der Waals surface area contributed by atoms with E-state index in [9.17, 15) is 9.59 Å². The van der Waals surface area contributed by atoms with Crippen molar-refractivity contribution in [2.75, 3.05) is 6.61 Å². The molecule has 0 aliphatic carbocycles. The van der Waals surface area contributed by atoms with Crippen LogP contribution in [-0.4, -0.2) is 29.1 Å². The van der Waals surface area contributed by atoms with E-state index in [2.05, 4.69) is 5.10 Å². The number of hydrazone groups is 1. The number of hydrogen-bond acceptors (Lipinski definition) is 6. The Balaban J connectivity index is 1.51. The van der Waals surface area contributed by atoms with Crippen molar-refractivity contribution in [3.63, 3.8) is 0 Å². The van der Waals surface area contributed by atoms with E-state index in [4.69, 9.17) is 19.3 Å². The molecule has 0 spiro atoms. The Hall–Kier alpha value is -4.07. The summed E-state index contributed by atoms with van der Waals surface area (Å²) in [7, 11) is 0. The lowest BCUT2D eigenvalue weighted by molar-refractivity contribution is -0.135. The number of ether oxygens (including phenoxy) is 1. The van der Waals surface area contributed by atoms with Crippen LogP contribution in [-0.2, 0) is 4.79 Å². The van der Waals surface area contributed by atoms with Gasteiger partial charge in [-0.2, -0.15) is 5.10 Å². The highest BCUT2D eigenvalue weighted by Crippen LogP contribution is 2.32. The fourth-order valence-corrected chi connectivity index (χ4v) is 3.13. The summed E-state index contributed by atoms with van der Waals surface area (Å²) >= 11 is 0. The molecule has 3 heterocycles. The second kappa shape index (κ2) is 8.52. The van der Waals surface area contributed by atoms with Gasteiger partial charge < -0.3 is 19.3 Å². The summed E-state index contributed by atoms with van der Waals surface area (Å²) in [6, 6.07) is 13.3. The second-order valence-corrected chi connectivity index (χ2v) is 6.56. The third kappa shape index (κ3) is 4.17. The Morgan fingerprint density at radius 1 is 1.10 bits per heavy atom. The molecule has 30 heavy (non-hydrogen) atoms. The van der Waals surface area contributed by atoms with Crippen molar-refractivity contribution in [1.29, 1.82) is 0 Å². The standard InChI is InChI=1S/C22H19N3O5/c23-22(27)17-6-1-2-7-19(17)30-14-21(26)25-18(20-8-4-12-29-20)13-15(24-25)9-10-16-5-3-11-28-16/h1-12,18H,13-14H2,(H2,23,27). The van der Waals surface area contributed by atoms with Gasteiger partial charge in [-0.15, -0.1) is 0 Å². The molecule has 1 aliphatic heterocycles. The molecule has 8 heteroatoms. The van der Waals surface area contributed by atoms with Crippen LogP contribution in [0.25, 0.3) is 6.08 Å². The van der Waals surface area contributed by atoms with Gasteiger partial charge in [-0.25, -0.2) is 5.01 Å². The van der Waals surface area contributed by atoms with Crippen molar-refractivity contribution >= 4 is 23.6 Å². The van der Waals surface area contributed by atoms with Gasteiger partial charge in [0, 0.05) is 6.42 Å². The van der Waals surface area contributed by atoms with Crippen LogP contribution >= 0.6 is 0 Å². The average Bonchev–Trinajstić information content (AvgIpc) is 3.51. The van der Waals surface area contributed by atoms with Crippen LogP contribution in [0.4, 0.5) is 0 Å². The van der Waals surface area contributed by atoms with E-state index >= 15 is 0 Å². The molecule has 2 N–H and O–H groups in total. The summed E-state index contributed by atoms with van der Waals surface area (Å²) in [5.41, 5.74) is 6.26. The van der Waals surface area contributed by atoms with Crippen LogP contribution in [0, 0.1) is 0 Å². The van der Waals surface area contributed by atoms with Crippen molar-refractivity contribution in [3.8, 4) is 5.75 Å². The number of carbonyl (C=O) groups is 2. The van der Waals surface area contributed by atoms with Gasteiger partial charge in [0.2, 0.25) is 0 Å². The van der Waals surface area contributed by atoms with E-state index in [1.165, 1.54) is 5.01 Å². The van der Waals surface area contributed by atoms with Crippen LogP contribution in [0.1, 0.15) is 34.3 Å². The number of benzene rings is 1. The first-order valence-electron chi connectivity index (χ1n) is 9.28. The Morgan fingerprint density at radius 3 is 2.63 bits per heavy atom. The second-order valence-electron chi connectivity index (χ2n) is 6.56. The van der Waals surface area contributed by atoms with Crippen LogP contribution in [0.3, 0.4) is 0 Å². The minimum Gasteiger partial charge on any atom is -0.483 e. The average molecular weight is 405 g/mol. The minimum atomic E-state index is -0.629.